The summed E-state index contributed by atoms with van der Waals surface area (Å²) in [6.45, 7) is 6.16. The van der Waals surface area contributed by atoms with Crippen LogP contribution in [0.5, 0.6) is 0 Å². The Morgan fingerprint density at radius 3 is 2.54 bits per heavy atom. The second-order valence-corrected chi connectivity index (χ2v) is 4.53. The molecule has 13 heavy (non-hydrogen) atoms. The van der Waals surface area contributed by atoms with E-state index in [1.165, 1.54) is 0 Å². The van der Waals surface area contributed by atoms with Crippen molar-refractivity contribution in [3.05, 3.63) is 23.8 Å². The average molecular weight is 180 g/mol. The molecule has 1 aliphatic rings. The predicted molar refractivity (Wildman–Crippen MR) is 52.2 cm³/mol. The van der Waals surface area contributed by atoms with Crippen LogP contribution in [0.3, 0.4) is 0 Å². The summed E-state index contributed by atoms with van der Waals surface area (Å²) < 4.78 is 0. The first-order valence-corrected chi connectivity index (χ1v) is 4.48. The molecule has 0 heterocycles. The Kier molecular flexibility index (Phi) is 2.71. The Morgan fingerprint density at radius 2 is 2.08 bits per heavy atom. The van der Waals surface area contributed by atoms with Gasteiger partial charge in [-0.1, -0.05) is 39.0 Å². The van der Waals surface area contributed by atoms with Gasteiger partial charge in [-0.3, -0.25) is 4.79 Å². The van der Waals surface area contributed by atoms with Crippen LogP contribution in [0.2, 0.25) is 0 Å². The van der Waals surface area contributed by atoms with E-state index >= 15 is 0 Å². The lowest BCUT2D eigenvalue weighted by atomic mass is 9.74. The Bertz CT molecular complexity index is 256. The topological polar surface area (TPSA) is 37.3 Å². The highest BCUT2D eigenvalue weighted by Gasteiger charge is 2.29. The van der Waals surface area contributed by atoms with Crippen molar-refractivity contribution in [1.82, 2.24) is 0 Å². The third-order valence-electron chi connectivity index (χ3n) is 2.36. The predicted octanol–water partition coefficient (Wildman–Crippen LogP) is 1.70. The molecule has 0 aromatic heterocycles. The average Bonchev–Trinajstić information content (AvgIpc) is 2.03. The van der Waals surface area contributed by atoms with Crippen LogP contribution in [0, 0.1) is 11.3 Å². The van der Waals surface area contributed by atoms with Crippen molar-refractivity contribution in [3.8, 4) is 0 Å². The molecule has 0 saturated heterocycles. The van der Waals surface area contributed by atoms with Gasteiger partial charge in [0.25, 0.3) is 0 Å². The SMILES string of the molecule is CC(C)(C)C1C=C(C=O)C=CC1O. The molecule has 2 unspecified atom stereocenters. The van der Waals surface area contributed by atoms with Crippen molar-refractivity contribution in [2.45, 2.75) is 26.9 Å². The third-order valence-corrected chi connectivity index (χ3v) is 2.36. The minimum absolute atomic E-state index is 0.0154. The molecule has 0 spiro atoms. The van der Waals surface area contributed by atoms with Crippen molar-refractivity contribution in [1.29, 1.82) is 0 Å². The van der Waals surface area contributed by atoms with E-state index in [1.807, 2.05) is 6.08 Å². The van der Waals surface area contributed by atoms with Gasteiger partial charge in [0.1, 0.15) is 6.29 Å². The van der Waals surface area contributed by atoms with Crippen LogP contribution in [0.4, 0.5) is 0 Å². The van der Waals surface area contributed by atoms with Gasteiger partial charge in [-0.05, 0) is 5.41 Å². The number of hydrogen-bond donors (Lipinski definition) is 1. The van der Waals surface area contributed by atoms with E-state index in [0.29, 0.717) is 5.57 Å². The van der Waals surface area contributed by atoms with Gasteiger partial charge in [0, 0.05) is 11.5 Å². The van der Waals surface area contributed by atoms with Crippen LogP contribution in [0.15, 0.2) is 23.8 Å². The second-order valence-electron chi connectivity index (χ2n) is 4.53. The maximum absolute atomic E-state index is 10.5. The maximum atomic E-state index is 10.5. The first kappa shape index (κ1) is 10.2. The fourth-order valence-corrected chi connectivity index (χ4v) is 1.53. The molecule has 0 bridgehead atoms. The lowest BCUT2D eigenvalue weighted by Gasteiger charge is -2.32. The fraction of sp³-hybridized carbons (Fsp3) is 0.545. The number of aliphatic hydroxyl groups is 1. The summed E-state index contributed by atoms with van der Waals surface area (Å²) in [5.41, 5.74) is 0.642. The first-order valence-electron chi connectivity index (χ1n) is 4.48. The maximum Gasteiger partial charge on any atom is 0.149 e. The van der Waals surface area contributed by atoms with Gasteiger partial charge in [0.15, 0.2) is 0 Å². The van der Waals surface area contributed by atoms with Crippen LogP contribution >= 0.6 is 0 Å². The summed E-state index contributed by atoms with van der Waals surface area (Å²) in [6, 6.07) is 0. The van der Waals surface area contributed by atoms with Gasteiger partial charge >= 0.3 is 0 Å². The number of carbonyl (C=O) groups is 1. The van der Waals surface area contributed by atoms with Crippen molar-refractivity contribution in [2.75, 3.05) is 0 Å². The van der Waals surface area contributed by atoms with Crippen LogP contribution < -0.4 is 0 Å². The Balaban J connectivity index is 2.92. The van der Waals surface area contributed by atoms with E-state index in [2.05, 4.69) is 20.8 Å². The van der Waals surface area contributed by atoms with E-state index in [4.69, 9.17) is 0 Å². The molecular formula is C11H16O2. The Hall–Kier alpha value is -0.890. The summed E-state index contributed by atoms with van der Waals surface area (Å²) in [5, 5.41) is 9.67. The van der Waals surface area contributed by atoms with Crippen LogP contribution in [-0.4, -0.2) is 17.5 Å². The summed E-state index contributed by atoms with van der Waals surface area (Å²) >= 11 is 0. The molecule has 1 aliphatic carbocycles. The minimum atomic E-state index is -0.469. The summed E-state index contributed by atoms with van der Waals surface area (Å²) in [5.74, 6) is 0.0256. The number of hydrogen-bond acceptors (Lipinski definition) is 2. The summed E-state index contributed by atoms with van der Waals surface area (Å²) in [4.78, 5) is 10.5. The molecule has 0 aromatic carbocycles. The van der Waals surface area contributed by atoms with Crippen molar-refractivity contribution < 1.29 is 9.90 Å². The number of rotatable bonds is 1. The van der Waals surface area contributed by atoms with Crippen LogP contribution in [0.1, 0.15) is 20.8 Å². The molecule has 2 atom stereocenters. The van der Waals surface area contributed by atoms with Gasteiger partial charge in [0.05, 0.1) is 6.10 Å². The highest BCUT2D eigenvalue weighted by atomic mass is 16.3. The first-order chi connectivity index (χ1) is 5.95. The monoisotopic (exact) mass is 180 g/mol. The van der Waals surface area contributed by atoms with Gasteiger partial charge in [0.2, 0.25) is 0 Å². The molecule has 0 saturated carbocycles. The molecule has 2 nitrogen and oxygen atoms in total. The minimum Gasteiger partial charge on any atom is -0.388 e. The number of aliphatic hydroxyl groups excluding tert-OH is 1. The zero-order valence-corrected chi connectivity index (χ0v) is 8.32. The molecule has 0 fully saturated rings. The zero-order valence-electron chi connectivity index (χ0n) is 8.32. The molecule has 0 aliphatic heterocycles. The lowest BCUT2D eigenvalue weighted by Crippen LogP contribution is -2.31. The standard InChI is InChI=1S/C11H16O2/c1-11(2,3)9-6-8(7-12)4-5-10(9)13/h4-7,9-10,13H,1-3H3. The molecule has 1 N–H and O–H groups in total. The van der Waals surface area contributed by atoms with E-state index < -0.39 is 6.10 Å². The molecular weight excluding hydrogens is 164 g/mol. The van der Waals surface area contributed by atoms with E-state index in [1.54, 1.807) is 12.2 Å². The van der Waals surface area contributed by atoms with E-state index in [0.717, 1.165) is 6.29 Å². The molecule has 2 heteroatoms. The highest BCUT2D eigenvalue weighted by molar-refractivity contribution is 5.78. The van der Waals surface area contributed by atoms with Crippen molar-refractivity contribution in [3.63, 3.8) is 0 Å². The smallest absolute Gasteiger partial charge is 0.149 e. The Labute approximate surface area is 79.0 Å². The second kappa shape index (κ2) is 3.46. The van der Waals surface area contributed by atoms with E-state index in [-0.39, 0.29) is 11.3 Å². The van der Waals surface area contributed by atoms with Gasteiger partial charge < -0.3 is 5.11 Å². The van der Waals surface area contributed by atoms with Gasteiger partial charge in [-0.25, -0.2) is 0 Å². The van der Waals surface area contributed by atoms with Crippen molar-refractivity contribution in [2.24, 2.45) is 11.3 Å². The van der Waals surface area contributed by atoms with Crippen molar-refractivity contribution >= 4 is 6.29 Å². The number of aldehydes is 1. The van der Waals surface area contributed by atoms with Gasteiger partial charge in [-0.2, -0.15) is 0 Å². The highest BCUT2D eigenvalue weighted by Crippen LogP contribution is 2.33. The number of carbonyl (C=O) groups excluding carboxylic acids is 1. The van der Waals surface area contributed by atoms with Crippen LogP contribution in [-0.2, 0) is 4.79 Å². The van der Waals surface area contributed by atoms with E-state index in [9.17, 15) is 9.90 Å². The zero-order chi connectivity index (χ0) is 10.1. The third kappa shape index (κ3) is 2.28. The molecule has 0 amide bonds. The molecule has 1 rings (SSSR count). The largest absolute Gasteiger partial charge is 0.388 e. The number of allylic oxidation sites excluding steroid dienone is 2. The quantitative estimate of drug-likeness (QED) is 0.624. The normalized spacial score (nSPS) is 28.5. The van der Waals surface area contributed by atoms with Crippen LogP contribution in [0.25, 0.3) is 0 Å². The molecule has 0 aromatic rings. The van der Waals surface area contributed by atoms with Gasteiger partial charge in [-0.15, -0.1) is 0 Å². The lowest BCUT2D eigenvalue weighted by molar-refractivity contribution is -0.104. The molecule has 72 valence electrons. The Morgan fingerprint density at radius 1 is 1.46 bits per heavy atom. The molecule has 0 radical (unpaired) electrons. The fourth-order valence-electron chi connectivity index (χ4n) is 1.53. The summed E-state index contributed by atoms with van der Waals surface area (Å²) in [7, 11) is 0. The summed E-state index contributed by atoms with van der Waals surface area (Å²) in [6.07, 6.45) is 5.54.